The van der Waals surface area contributed by atoms with Gasteiger partial charge in [-0.2, -0.15) is 4.39 Å². The molecule has 0 saturated carbocycles. The van der Waals surface area contributed by atoms with E-state index in [0.717, 1.165) is 315 Å². The molecule has 2 unspecified atom stereocenters. The predicted molar refractivity (Wildman–Crippen MR) is 575 cm³/mol. The molecule has 12 aromatic rings. The van der Waals surface area contributed by atoms with Gasteiger partial charge >= 0.3 is 0 Å². The van der Waals surface area contributed by atoms with E-state index in [4.69, 9.17) is 34.7 Å². The van der Waals surface area contributed by atoms with Crippen LogP contribution >= 0.6 is 56.9 Å². The number of hydrogen-bond donors (Lipinski definition) is 0. The van der Waals surface area contributed by atoms with Crippen molar-refractivity contribution < 1.29 is 40.3 Å². The molecule has 10 nitrogen and oxygen atoms in total. The summed E-state index contributed by atoms with van der Waals surface area (Å²) in [5, 5.41) is 25.0. The molecule has 0 N–H and O–H groups in total. The number of unbranched alkanes of at least 4 members (excludes halogenated alkanes) is 22. The van der Waals surface area contributed by atoms with Crippen molar-refractivity contribution in [3.63, 3.8) is 0 Å². The predicted octanol–water partition coefficient (Wildman–Crippen LogP) is 37.1. The molecule has 2 aliphatic rings. The number of Topliss-reactive ketones (excluding diaryl/α,β-unsaturated/α-hetero) is 2. The van der Waals surface area contributed by atoms with E-state index >= 15 is 40.3 Å². The molecule has 7 aromatic heterocycles. The molecule has 14 rings (SSSR count). The molecule has 0 saturated heterocycles. The quantitative estimate of drug-likeness (QED) is 0.00711. The number of aromatic nitrogens is 4. The summed E-state index contributed by atoms with van der Waals surface area (Å²) in [5.41, 5.74) is 4.87. The standard InChI is InChI=1S/C114H132ClF7N8O2S4Si2/c1-13-23-33-37-39-43-49-71(47-41-35-25-15-3)69-129-99-91(105-101(129)107-109(135-105)111(137(55-27-17-5,56-28-18-6)57-29-19-7)87(133-107)53-45-51-75-89(85(67-123)125-11)79-61-73-63-83(116)95(120)93(118)77(73)65-81(79)103(75)131)97-98(128-114(122)113(115)127-97)92-100(99)130(70-72(48-42-36-26-16-4)50-44-40-38-34-24-14-2)102-106(92)136-110-108(102)134-88(112(110)138(58-30-20-8,59-31-21-9)60-32-22-10)54-46-52-76-90(86(68-124)126-12)80-62-74-64-84(117)96(121)94(119)78(74)66-82(80)104(76)132/h45-46,51-54,61-66,71-72H,13-44,47-50,55-60,69-70H2,1-10H3/b53-45+,54-46+,75-51-,76-52-,89-85+,90-86-. The topological polar surface area (TPSA) is 126 Å². The zero-order valence-electron chi connectivity index (χ0n) is 82.2. The fourth-order valence-electron chi connectivity index (χ4n) is 22.5. The van der Waals surface area contributed by atoms with E-state index in [1.54, 1.807) is 46.2 Å². The fourth-order valence-corrected chi connectivity index (χ4v) is 42.9. The molecule has 0 fully saturated rings. The second-order valence-electron chi connectivity index (χ2n) is 39.1. The Morgan fingerprint density at radius 1 is 0.413 bits per heavy atom. The van der Waals surface area contributed by atoms with Crippen LogP contribution < -0.4 is 10.4 Å². The summed E-state index contributed by atoms with van der Waals surface area (Å²) >= 11 is 14.5. The maximum atomic E-state index is 17.9. The number of fused-ring (bicyclic) bond motifs is 18. The third-order valence-electron chi connectivity index (χ3n) is 29.6. The summed E-state index contributed by atoms with van der Waals surface area (Å²) in [5.74, 6) is -10.6. The lowest BCUT2D eigenvalue weighted by atomic mass is 9.93. The van der Waals surface area contributed by atoms with Gasteiger partial charge in [0.2, 0.25) is 0 Å². The van der Waals surface area contributed by atoms with Crippen LogP contribution in [0.15, 0.2) is 83.2 Å². The molecule has 2 aliphatic carbocycles. The number of nitriles is 2. The SMILES string of the molecule is [C-]#[N+]\C(C#N)=C1/C(=C/C=C/c2sc3c(sc4c5c6nc(Cl)c(F)nc6c6c7sc8c([Si](CCCC)(CCCC)CCCC)c(/C=C/C=C9\C(=O)c%10cc%11c(F)c(F)c(F)cc%11cc%10\C9=C(\C#N)[N+]#[C-])sc8c7n(CC(CCCCCC)CCCCCCCC)c6c5n(CC(CCCCCC)CCCCCCCC)c34)c2[Si](CCCC)(CCCC)CCCC)C(=O)c2cc3c(F)c(F)c(F)cc3cc21. The van der Waals surface area contributed by atoms with Crippen molar-refractivity contribution in [3.8, 4) is 12.1 Å². The largest absolute Gasteiger partial charge is 0.337 e. The van der Waals surface area contributed by atoms with Gasteiger partial charge in [-0.15, -0.1) is 45.3 Å². The van der Waals surface area contributed by atoms with Crippen molar-refractivity contribution in [2.24, 2.45) is 11.8 Å². The summed E-state index contributed by atoms with van der Waals surface area (Å²) in [6.07, 6.45) is 49.8. The van der Waals surface area contributed by atoms with Crippen LogP contribution in [-0.4, -0.2) is 46.8 Å². The first-order valence-electron chi connectivity index (χ1n) is 51.7. The maximum Gasteiger partial charge on any atom is 0.270 e. The molecule has 0 radical (unpaired) electrons. The number of halogens is 8. The molecular formula is C114H132ClF7N8O2S4Si2. The average Bonchev–Trinajstić information content (AvgIpc) is 1.50. The second kappa shape index (κ2) is 48.1. The molecule has 24 heteroatoms. The van der Waals surface area contributed by atoms with Gasteiger partial charge in [-0.25, -0.2) is 56.5 Å². The number of benzene rings is 5. The average molecular weight is 2000 g/mol. The lowest BCUT2D eigenvalue weighted by Crippen LogP contribution is -2.48. The first-order chi connectivity index (χ1) is 67.0. The van der Waals surface area contributed by atoms with Gasteiger partial charge in [0.05, 0.1) is 82.3 Å². The number of carbonyl (C=O) groups excluding carboxylic acids is 2. The number of carbonyl (C=O) groups is 2. The second-order valence-corrected chi connectivity index (χ2v) is 52.7. The zero-order chi connectivity index (χ0) is 98.2. The van der Waals surface area contributed by atoms with Crippen LogP contribution in [0.25, 0.3) is 127 Å². The number of ketones is 2. The molecule has 0 aliphatic heterocycles. The Kier molecular flexibility index (Phi) is 36.5. The van der Waals surface area contributed by atoms with Crippen LogP contribution in [0.2, 0.25) is 41.4 Å². The zero-order valence-corrected chi connectivity index (χ0v) is 88.3. The Balaban J connectivity index is 1.14. The van der Waals surface area contributed by atoms with Crippen molar-refractivity contribution in [2.75, 3.05) is 0 Å². The summed E-state index contributed by atoms with van der Waals surface area (Å²) in [7, 11) is -5.29. The molecule has 0 bridgehead atoms. The highest BCUT2D eigenvalue weighted by atomic mass is 35.5. The van der Waals surface area contributed by atoms with E-state index in [1.807, 2.05) is 35.6 Å². The normalized spacial score (nSPS) is 15.1. The molecule has 138 heavy (non-hydrogen) atoms. The number of nitrogens with zero attached hydrogens (tertiary/aromatic N) is 8. The minimum absolute atomic E-state index is 0.0265. The molecular weight excluding hydrogens is 1870 g/mol. The van der Waals surface area contributed by atoms with Gasteiger partial charge in [-0.1, -0.05) is 347 Å². The van der Waals surface area contributed by atoms with E-state index < -0.39 is 68.6 Å². The third-order valence-corrected chi connectivity index (χ3v) is 46.6. The van der Waals surface area contributed by atoms with Crippen molar-refractivity contribution in [1.29, 1.82) is 10.5 Å². The highest BCUT2D eigenvalue weighted by molar-refractivity contribution is 7.37. The lowest BCUT2D eigenvalue weighted by Gasteiger charge is -2.33. The van der Waals surface area contributed by atoms with E-state index in [1.165, 1.54) is 69.7 Å². The molecule has 0 spiro atoms. The first-order valence-corrected chi connectivity index (χ1v) is 60.5. The molecule has 7 heterocycles. The lowest BCUT2D eigenvalue weighted by molar-refractivity contribution is 0.103. The summed E-state index contributed by atoms with van der Waals surface area (Å²) in [6, 6.07) is 17.1. The van der Waals surface area contributed by atoms with Crippen LogP contribution in [0.4, 0.5) is 30.7 Å². The Morgan fingerprint density at radius 2 is 0.739 bits per heavy atom. The Morgan fingerprint density at radius 3 is 1.07 bits per heavy atom. The first kappa shape index (κ1) is 105. The maximum absolute atomic E-state index is 17.9. The molecule has 5 aromatic carbocycles. The number of thiophene rings is 4. The molecule has 728 valence electrons. The van der Waals surface area contributed by atoms with Gasteiger partial charge in [0.15, 0.2) is 51.6 Å². The Hall–Kier alpha value is -9.15. The summed E-state index contributed by atoms with van der Waals surface area (Å²) in [4.78, 5) is 50.4. The number of allylic oxidation sites excluding steroid dienone is 10. The van der Waals surface area contributed by atoms with Gasteiger partial charge < -0.3 is 9.13 Å². The highest BCUT2D eigenvalue weighted by Gasteiger charge is 2.44. The minimum atomic E-state index is -2.65. The summed E-state index contributed by atoms with van der Waals surface area (Å²) < 4.78 is 122. The number of hydrogen-bond acceptors (Lipinski definition) is 10. The molecule has 2 atom stereocenters. The van der Waals surface area contributed by atoms with Gasteiger partial charge in [0.25, 0.3) is 17.3 Å². The molecule has 0 amide bonds. The van der Waals surface area contributed by atoms with Gasteiger partial charge in [0, 0.05) is 87.2 Å². The minimum Gasteiger partial charge on any atom is -0.337 e. The van der Waals surface area contributed by atoms with E-state index in [2.05, 4.69) is 100 Å². The van der Waals surface area contributed by atoms with Crippen LogP contribution in [0, 0.1) is 88.5 Å². The Bertz CT molecular complexity index is 6480. The third kappa shape index (κ3) is 21.1. The van der Waals surface area contributed by atoms with Crippen molar-refractivity contribution >= 4 is 212 Å². The van der Waals surface area contributed by atoms with Crippen molar-refractivity contribution in [3.05, 3.63) is 184 Å². The van der Waals surface area contributed by atoms with E-state index in [0.29, 0.717) is 24.1 Å². The van der Waals surface area contributed by atoms with Crippen LogP contribution in [0.3, 0.4) is 0 Å². The van der Waals surface area contributed by atoms with E-state index in [9.17, 15) is 10.5 Å². The van der Waals surface area contributed by atoms with Crippen molar-refractivity contribution in [2.45, 2.75) is 350 Å². The van der Waals surface area contributed by atoms with Crippen LogP contribution in [-0.2, 0) is 13.1 Å². The number of rotatable bonds is 52. The van der Waals surface area contributed by atoms with Gasteiger partial charge in [-0.3, -0.25) is 9.59 Å². The smallest absolute Gasteiger partial charge is 0.270 e. The van der Waals surface area contributed by atoms with Crippen LogP contribution in [0.5, 0.6) is 0 Å². The van der Waals surface area contributed by atoms with Gasteiger partial charge in [0.1, 0.15) is 11.0 Å². The fraction of sp³-hybridized carbons (Fsp3) is 0.491. The Labute approximate surface area is 833 Å². The summed E-state index contributed by atoms with van der Waals surface area (Å²) in [6.45, 7) is 40.7. The van der Waals surface area contributed by atoms with Gasteiger partial charge in [-0.05, 0) is 118 Å². The van der Waals surface area contributed by atoms with Crippen molar-refractivity contribution in [1.82, 2.24) is 19.1 Å². The van der Waals surface area contributed by atoms with E-state index in [-0.39, 0.29) is 94.5 Å². The highest BCUT2D eigenvalue weighted by Crippen LogP contribution is 2.56. The monoisotopic (exact) mass is 2000 g/mol. The van der Waals surface area contributed by atoms with Crippen LogP contribution in [0.1, 0.15) is 342 Å².